The quantitative estimate of drug-likeness (QED) is 0.928. The second-order valence-corrected chi connectivity index (χ2v) is 5.70. The molecule has 1 fully saturated rings. The monoisotopic (exact) mass is 285 g/mol. The van der Waals surface area contributed by atoms with E-state index in [1.807, 2.05) is 13.8 Å². The summed E-state index contributed by atoms with van der Waals surface area (Å²) in [5, 5.41) is 9.76. The predicted molar refractivity (Wildman–Crippen MR) is 72.0 cm³/mol. The van der Waals surface area contributed by atoms with Gasteiger partial charge >= 0.3 is 5.97 Å². The largest absolute Gasteiger partial charge is 0.481 e. The summed E-state index contributed by atoms with van der Waals surface area (Å²) in [4.78, 5) is 13.4. The fourth-order valence-electron chi connectivity index (χ4n) is 2.62. The molecule has 1 saturated heterocycles. The third-order valence-corrected chi connectivity index (χ3v) is 3.99. The van der Waals surface area contributed by atoms with Gasteiger partial charge in [-0.25, -0.2) is 4.39 Å². The van der Waals surface area contributed by atoms with Crippen LogP contribution in [0, 0.1) is 11.7 Å². The summed E-state index contributed by atoms with van der Waals surface area (Å²) in [6.07, 6.45) is 0. The van der Waals surface area contributed by atoms with Crippen molar-refractivity contribution in [3.05, 3.63) is 34.6 Å². The lowest BCUT2D eigenvalue weighted by molar-refractivity contribution is -0.141. The highest BCUT2D eigenvalue weighted by atomic mass is 35.5. The zero-order valence-electron chi connectivity index (χ0n) is 10.9. The number of hydrogen-bond donors (Lipinski definition) is 1. The van der Waals surface area contributed by atoms with Gasteiger partial charge in [0.05, 0.1) is 5.92 Å². The molecule has 1 aliphatic heterocycles. The van der Waals surface area contributed by atoms with Crippen LogP contribution in [0.1, 0.15) is 25.3 Å². The highest BCUT2D eigenvalue weighted by molar-refractivity contribution is 6.30. The van der Waals surface area contributed by atoms with Gasteiger partial charge in [0, 0.05) is 30.1 Å². The van der Waals surface area contributed by atoms with E-state index < -0.39 is 11.9 Å². The molecule has 1 aromatic rings. The molecule has 104 valence electrons. The average molecular weight is 286 g/mol. The van der Waals surface area contributed by atoms with E-state index >= 15 is 0 Å². The van der Waals surface area contributed by atoms with E-state index in [0.717, 1.165) is 0 Å². The molecule has 3 nitrogen and oxygen atoms in total. The van der Waals surface area contributed by atoms with Gasteiger partial charge in [-0.2, -0.15) is 0 Å². The third-order valence-electron chi connectivity index (χ3n) is 3.75. The maximum Gasteiger partial charge on any atom is 0.308 e. The average Bonchev–Trinajstić information content (AvgIpc) is 2.77. The van der Waals surface area contributed by atoms with Crippen LogP contribution in [0.4, 0.5) is 4.39 Å². The van der Waals surface area contributed by atoms with Crippen LogP contribution in [0.5, 0.6) is 0 Å². The zero-order valence-corrected chi connectivity index (χ0v) is 11.7. The third kappa shape index (κ3) is 2.90. The van der Waals surface area contributed by atoms with Gasteiger partial charge in [0.15, 0.2) is 0 Å². The zero-order chi connectivity index (χ0) is 14.2. The number of carbonyl (C=O) groups is 1. The second kappa shape index (κ2) is 5.47. The van der Waals surface area contributed by atoms with Crippen molar-refractivity contribution in [2.75, 3.05) is 13.1 Å². The van der Waals surface area contributed by atoms with Gasteiger partial charge in [0.2, 0.25) is 0 Å². The van der Waals surface area contributed by atoms with Gasteiger partial charge in [0.1, 0.15) is 5.82 Å². The topological polar surface area (TPSA) is 40.5 Å². The normalized spacial score (nSPS) is 24.1. The minimum atomic E-state index is -0.882. The summed E-state index contributed by atoms with van der Waals surface area (Å²) in [5.74, 6) is -2.20. The lowest BCUT2D eigenvalue weighted by atomic mass is 9.89. The summed E-state index contributed by atoms with van der Waals surface area (Å²) in [5.41, 5.74) is 0.406. The molecule has 2 rings (SSSR count). The number of halogens is 2. The van der Waals surface area contributed by atoms with E-state index in [4.69, 9.17) is 11.6 Å². The van der Waals surface area contributed by atoms with Crippen molar-refractivity contribution in [3.8, 4) is 0 Å². The Morgan fingerprint density at radius 1 is 1.47 bits per heavy atom. The van der Waals surface area contributed by atoms with Gasteiger partial charge in [0.25, 0.3) is 0 Å². The van der Waals surface area contributed by atoms with Crippen LogP contribution < -0.4 is 0 Å². The number of nitrogens with zero attached hydrogens (tertiary/aromatic N) is 1. The van der Waals surface area contributed by atoms with Crippen LogP contribution in [0.15, 0.2) is 18.2 Å². The molecule has 0 saturated carbocycles. The molecule has 0 aromatic heterocycles. The maximum atomic E-state index is 13.9. The molecule has 0 amide bonds. The van der Waals surface area contributed by atoms with Crippen LogP contribution in [-0.4, -0.2) is 35.1 Å². The van der Waals surface area contributed by atoms with Gasteiger partial charge in [-0.05, 0) is 37.6 Å². The molecule has 19 heavy (non-hydrogen) atoms. The van der Waals surface area contributed by atoms with Crippen molar-refractivity contribution in [3.63, 3.8) is 0 Å². The van der Waals surface area contributed by atoms with Crippen molar-refractivity contribution < 1.29 is 14.3 Å². The van der Waals surface area contributed by atoms with E-state index in [1.165, 1.54) is 12.1 Å². The molecule has 2 atom stereocenters. The van der Waals surface area contributed by atoms with Crippen molar-refractivity contribution in [1.29, 1.82) is 0 Å². The van der Waals surface area contributed by atoms with Crippen LogP contribution in [0.3, 0.4) is 0 Å². The molecule has 0 bridgehead atoms. The summed E-state index contributed by atoms with van der Waals surface area (Å²) < 4.78 is 13.9. The molecular weight excluding hydrogens is 269 g/mol. The van der Waals surface area contributed by atoms with E-state index in [9.17, 15) is 14.3 Å². The van der Waals surface area contributed by atoms with Gasteiger partial charge in [-0.3, -0.25) is 9.69 Å². The fourth-order valence-corrected chi connectivity index (χ4v) is 2.80. The van der Waals surface area contributed by atoms with Gasteiger partial charge < -0.3 is 5.11 Å². The first-order valence-corrected chi connectivity index (χ1v) is 6.69. The summed E-state index contributed by atoms with van der Waals surface area (Å²) >= 11 is 5.89. The number of benzene rings is 1. The van der Waals surface area contributed by atoms with Crippen LogP contribution in [0.2, 0.25) is 5.02 Å². The maximum absolute atomic E-state index is 13.9. The molecule has 1 aliphatic rings. The first kappa shape index (κ1) is 14.3. The molecular formula is C14H17ClFNO2. The lowest BCUT2D eigenvalue weighted by Gasteiger charge is -2.20. The number of carboxylic acid groups (broad SMARTS) is 1. The van der Waals surface area contributed by atoms with Crippen LogP contribution in [0.25, 0.3) is 0 Å². The summed E-state index contributed by atoms with van der Waals surface area (Å²) in [6, 6.07) is 4.57. The minimum Gasteiger partial charge on any atom is -0.481 e. The van der Waals surface area contributed by atoms with Crippen molar-refractivity contribution in [2.24, 2.45) is 5.92 Å². The Balaban J connectivity index is 2.35. The molecule has 1 heterocycles. The number of hydrogen-bond acceptors (Lipinski definition) is 2. The Hall–Kier alpha value is -1.13. The fraction of sp³-hybridized carbons (Fsp3) is 0.500. The van der Waals surface area contributed by atoms with Crippen molar-refractivity contribution >= 4 is 17.6 Å². The standard InChI is InChI=1S/C14H17ClFNO2/c1-8(2)17-6-11(12(7-17)14(18)19)10-5-9(15)3-4-13(10)16/h3-5,8,11-12H,6-7H2,1-2H3,(H,18,19). The van der Waals surface area contributed by atoms with E-state index in [1.54, 1.807) is 6.07 Å². The van der Waals surface area contributed by atoms with Crippen LogP contribution in [-0.2, 0) is 4.79 Å². The highest BCUT2D eigenvalue weighted by Crippen LogP contribution is 2.36. The molecule has 5 heteroatoms. The number of likely N-dealkylation sites (tertiary alicyclic amines) is 1. The Bertz CT molecular complexity index is 492. The number of rotatable bonds is 3. The molecule has 1 aromatic carbocycles. The lowest BCUT2D eigenvalue weighted by Crippen LogP contribution is -2.29. The summed E-state index contributed by atoms with van der Waals surface area (Å²) in [7, 11) is 0. The van der Waals surface area contributed by atoms with E-state index in [2.05, 4.69) is 4.90 Å². The van der Waals surface area contributed by atoms with E-state index in [-0.39, 0.29) is 17.8 Å². The highest BCUT2D eigenvalue weighted by Gasteiger charge is 2.40. The SMILES string of the molecule is CC(C)N1CC(C(=O)O)C(c2cc(Cl)ccc2F)C1. The predicted octanol–water partition coefficient (Wildman–Crippen LogP) is 2.99. The first-order valence-electron chi connectivity index (χ1n) is 6.32. The van der Waals surface area contributed by atoms with Crippen molar-refractivity contribution in [2.45, 2.75) is 25.8 Å². The smallest absolute Gasteiger partial charge is 0.308 e. The molecule has 1 N–H and O–H groups in total. The number of aliphatic carboxylic acids is 1. The second-order valence-electron chi connectivity index (χ2n) is 5.26. The summed E-state index contributed by atoms with van der Waals surface area (Å²) in [6.45, 7) is 5.01. The minimum absolute atomic E-state index is 0.245. The Morgan fingerprint density at radius 3 is 2.74 bits per heavy atom. The number of carboxylic acids is 1. The molecule has 0 radical (unpaired) electrons. The van der Waals surface area contributed by atoms with Crippen molar-refractivity contribution in [1.82, 2.24) is 4.90 Å². The van der Waals surface area contributed by atoms with Gasteiger partial charge in [-0.1, -0.05) is 11.6 Å². The van der Waals surface area contributed by atoms with Crippen LogP contribution >= 0.6 is 11.6 Å². The first-order chi connectivity index (χ1) is 8.90. The molecule has 0 aliphatic carbocycles. The Labute approximate surface area is 117 Å². The van der Waals surface area contributed by atoms with E-state index in [0.29, 0.717) is 23.7 Å². The molecule has 0 spiro atoms. The Morgan fingerprint density at radius 2 is 2.16 bits per heavy atom. The Kier molecular flexibility index (Phi) is 4.11. The molecule has 2 unspecified atom stereocenters. The van der Waals surface area contributed by atoms with Gasteiger partial charge in [-0.15, -0.1) is 0 Å².